The van der Waals surface area contributed by atoms with Crippen LogP contribution in [0.25, 0.3) is 21.5 Å². The van der Waals surface area contributed by atoms with Crippen LogP contribution in [0.3, 0.4) is 0 Å². The van der Waals surface area contributed by atoms with Gasteiger partial charge in [0, 0.05) is 35.1 Å². The molecule has 1 saturated carbocycles. The number of nitrogens with zero attached hydrogens (tertiary/aromatic N) is 6. The van der Waals surface area contributed by atoms with Gasteiger partial charge in [-0.25, -0.2) is 19.9 Å². The molecule has 4 heterocycles. The van der Waals surface area contributed by atoms with E-state index in [1.165, 1.54) is 29.7 Å². The van der Waals surface area contributed by atoms with Gasteiger partial charge < -0.3 is 20.3 Å². The summed E-state index contributed by atoms with van der Waals surface area (Å²) in [5, 5.41) is 0.538. The van der Waals surface area contributed by atoms with Crippen molar-refractivity contribution in [2.75, 3.05) is 37.9 Å². The molecule has 36 heavy (non-hydrogen) atoms. The number of rotatable bonds is 6. The van der Waals surface area contributed by atoms with Gasteiger partial charge in [-0.3, -0.25) is 0 Å². The van der Waals surface area contributed by atoms with Crippen molar-refractivity contribution >= 4 is 32.6 Å². The maximum absolute atomic E-state index is 6.19. The first kappa shape index (κ1) is 23.1. The highest BCUT2D eigenvalue weighted by molar-refractivity contribution is 7.21. The van der Waals surface area contributed by atoms with Crippen LogP contribution in [0.2, 0.25) is 0 Å². The Balaban J connectivity index is 1.36. The van der Waals surface area contributed by atoms with Crippen LogP contribution in [0.15, 0.2) is 30.5 Å². The average molecular weight is 502 g/mol. The van der Waals surface area contributed by atoms with Gasteiger partial charge in [-0.15, -0.1) is 0 Å². The van der Waals surface area contributed by atoms with Crippen LogP contribution in [-0.2, 0) is 19.5 Å². The third-order valence-electron chi connectivity index (χ3n) is 6.82. The zero-order valence-corrected chi connectivity index (χ0v) is 21.8. The monoisotopic (exact) mass is 501 g/mol. The van der Waals surface area contributed by atoms with Gasteiger partial charge in [-0.05, 0) is 70.0 Å². The molecule has 1 aliphatic carbocycles. The molecule has 1 aliphatic heterocycles. The normalized spacial score (nSPS) is 15.7. The predicted molar refractivity (Wildman–Crippen MR) is 144 cm³/mol. The third-order valence-corrected chi connectivity index (χ3v) is 7.63. The molecule has 0 unspecified atom stereocenters. The van der Waals surface area contributed by atoms with Crippen molar-refractivity contribution in [1.29, 1.82) is 0 Å². The average Bonchev–Trinajstić information content (AvgIpc) is 3.61. The van der Waals surface area contributed by atoms with E-state index in [9.17, 15) is 0 Å². The molecule has 0 atom stereocenters. The van der Waals surface area contributed by atoms with Crippen LogP contribution in [-0.4, -0.2) is 52.1 Å². The summed E-state index contributed by atoms with van der Waals surface area (Å²) in [6, 6.07) is 8.43. The molecule has 2 aliphatic rings. The van der Waals surface area contributed by atoms with E-state index in [1.807, 2.05) is 6.20 Å². The van der Waals surface area contributed by atoms with Crippen LogP contribution in [0, 0.1) is 12.8 Å². The van der Waals surface area contributed by atoms with Gasteiger partial charge in [0.1, 0.15) is 34.3 Å². The number of fused-ring (bicyclic) bond motifs is 2. The Morgan fingerprint density at radius 1 is 1.14 bits per heavy atom. The predicted octanol–water partition coefficient (Wildman–Crippen LogP) is 4.45. The van der Waals surface area contributed by atoms with Gasteiger partial charge in [0.15, 0.2) is 5.13 Å². The first-order valence-electron chi connectivity index (χ1n) is 12.5. The molecule has 6 rings (SSSR count). The molecule has 186 valence electrons. The summed E-state index contributed by atoms with van der Waals surface area (Å²) in [6.45, 7) is 4.99. The molecule has 0 amide bonds. The summed E-state index contributed by atoms with van der Waals surface area (Å²) in [6.07, 6.45) is 5.55. The van der Waals surface area contributed by atoms with E-state index in [0.717, 1.165) is 82.1 Å². The largest absolute Gasteiger partial charge is 0.491 e. The molecule has 0 spiro atoms. The number of nitrogen functional groups attached to an aromatic ring is 1. The van der Waals surface area contributed by atoms with Crippen LogP contribution < -0.4 is 15.4 Å². The summed E-state index contributed by atoms with van der Waals surface area (Å²) >= 11 is 1.41. The van der Waals surface area contributed by atoms with E-state index >= 15 is 0 Å². The number of hydrogen-bond donors (Lipinski definition) is 1. The number of thiazole rings is 1. The Labute approximate surface area is 215 Å². The SMILES string of the molecule is Cc1nc(CN(C)C)nc(N2CCOc3ccc(-c4cnc5sc(N)nc5c4)cc3C2)c1CC1CC1. The minimum absolute atomic E-state index is 0.538. The highest BCUT2D eigenvalue weighted by Crippen LogP contribution is 2.38. The van der Waals surface area contributed by atoms with Crippen LogP contribution in [0.1, 0.15) is 35.5 Å². The maximum Gasteiger partial charge on any atom is 0.182 e. The standard InChI is InChI=1S/C27H31N7OS/c1-16-21(10-17-4-5-17)25(32-24(30-16)15-33(2)3)34-8-9-35-23-7-6-18(11-20(23)14-34)19-12-22-26(29-13-19)36-27(28)31-22/h6-7,11-13,17H,4-5,8-10,14-15H2,1-3H3,(H2,28,31). The summed E-state index contributed by atoms with van der Waals surface area (Å²) in [5.74, 6) is 3.62. The quantitative estimate of drug-likeness (QED) is 0.414. The van der Waals surface area contributed by atoms with Crippen molar-refractivity contribution in [3.63, 3.8) is 0 Å². The fourth-order valence-electron chi connectivity index (χ4n) is 4.85. The van der Waals surface area contributed by atoms with Gasteiger partial charge in [0.2, 0.25) is 0 Å². The summed E-state index contributed by atoms with van der Waals surface area (Å²) in [5.41, 5.74) is 12.4. The van der Waals surface area contributed by atoms with E-state index in [4.69, 9.17) is 20.4 Å². The lowest BCUT2D eigenvalue weighted by Gasteiger charge is -2.26. The zero-order valence-electron chi connectivity index (χ0n) is 21.0. The molecule has 0 saturated heterocycles. The van der Waals surface area contributed by atoms with E-state index in [2.05, 4.69) is 65.1 Å². The molecule has 2 N–H and O–H groups in total. The van der Waals surface area contributed by atoms with Gasteiger partial charge in [-0.1, -0.05) is 17.4 Å². The number of anilines is 2. The van der Waals surface area contributed by atoms with Crippen molar-refractivity contribution < 1.29 is 4.74 Å². The fourth-order valence-corrected chi connectivity index (χ4v) is 5.51. The second-order valence-electron chi connectivity index (χ2n) is 10.1. The van der Waals surface area contributed by atoms with Crippen molar-refractivity contribution in [2.45, 2.75) is 39.3 Å². The number of benzene rings is 1. The molecule has 8 nitrogen and oxygen atoms in total. The topological polar surface area (TPSA) is 93.3 Å². The number of ether oxygens (including phenoxy) is 1. The molecule has 0 bridgehead atoms. The number of aromatic nitrogens is 4. The Morgan fingerprint density at radius 2 is 2.00 bits per heavy atom. The van der Waals surface area contributed by atoms with Crippen molar-refractivity contribution in [2.24, 2.45) is 5.92 Å². The first-order chi connectivity index (χ1) is 17.4. The lowest BCUT2D eigenvalue weighted by molar-refractivity contribution is 0.331. The minimum Gasteiger partial charge on any atom is -0.491 e. The second kappa shape index (κ2) is 9.29. The van der Waals surface area contributed by atoms with E-state index < -0.39 is 0 Å². The number of nitrogens with two attached hydrogens (primary N) is 1. The zero-order chi connectivity index (χ0) is 24.8. The van der Waals surface area contributed by atoms with Crippen molar-refractivity contribution in [1.82, 2.24) is 24.8 Å². The number of hydrogen-bond acceptors (Lipinski definition) is 9. The van der Waals surface area contributed by atoms with E-state index in [-0.39, 0.29) is 0 Å². The van der Waals surface area contributed by atoms with Gasteiger partial charge in [0.25, 0.3) is 0 Å². The molecule has 9 heteroatoms. The molecule has 4 aromatic rings. The van der Waals surface area contributed by atoms with Gasteiger partial charge >= 0.3 is 0 Å². The highest BCUT2D eigenvalue weighted by atomic mass is 32.1. The maximum atomic E-state index is 6.19. The Kier molecular flexibility index (Phi) is 5.97. The minimum atomic E-state index is 0.538. The Bertz CT molecular complexity index is 1430. The second-order valence-corrected chi connectivity index (χ2v) is 11.1. The van der Waals surface area contributed by atoms with E-state index in [1.54, 1.807) is 0 Å². The van der Waals surface area contributed by atoms with Crippen LogP contribution >= 0.6 is 11.3 Å². The Morgan fingerprint density at radius 3 is 2.81 bits per heavy atom. The van der Waals surface area contributed by atoms with E-state index in [0.29, 0.717) is 11.7 Å². The number of pyridine rings is 1. The first-order valence-corrected chi connectivity index (χ1v) is 13.3. The Hall–Kier alpha value is -3.30. The van der Waals surface area contributed by atoms with Gasteiger partial charge in [-0.2, -0.15) is 0 Å². The molecule has 0 radical (unpaired) electrons. The summed E-state index contributed by atoms with van der Waals surface area (Å²) < 4.78 is 6.19. The highest BCUT2D eigenvalue weighted by Gasteiger charge is 2.28. The molecular formula is C27H31N7OS. The van der Waals surface area contributed by atoms with Crippen molar-refractivity contribution in [3.8, 4) is 16.9 Å². The lowest BCUT2D eigenvalue weighted by atomic mass is 10.0. The molecule has 1 fully saturated rings. The molecule has 1 aromatic carbocycles. The summed E-state index contributed by atoms with van der Waals surface area (Å²) in [7, 11) is 4.11. The number of aryl methyl sites for hydroxylation is 1. The third kappa shape index (κ3) is 4.73. The smallest absolute Gasteiger partial charge is 0.182 e. The lowest BCUT2D eigenvalue weighted by Crippen LogP contribution is -2.29. The molecular weight excluding hydrogens is 470 g/mol. The van der Waals surface area contributed by atoms with Crippen LogP contribution in [0.4, 0.5) is 10.9 Å². The fraction of sp³-hybridized carbons (Fsp3) is 0.407. The summed E-state index contributed by atoms with van der Waals surface area (Å²) in [4.78, 5) is 24.3. The van der Waals surface area contributed by atoms with Crippen LogP contribution in [0.5, 0.6) is 5.75 Å². The van der Waals surface area contributed by atoms with Crippen molar-refractivity contribution in [3.05, 3.63) is 53.1 Å². The molecule has 3 aromatic heterocycles. The van der Waals surface area contributed by atoms with Gasteiger partial charge in [0.05, 0.1) is 13.1 Å².